The molecule has 3 aromatic rings. The van der Waals surface area contributed by atoms with Crippen LogP contribution in [0.1, 0.15) is 40.5 Å². The van der Waals surface area contributed by atoms with Gasteiger partial charge in [-0.15, -0.1) is 0 Å². The topological polar surface area (TPSA) is 50.2 Å². The first-order valence-electron chi connectivity index (χ1n) is 10.0. The Morgan fingerprint density at radius 1 is 1.07 bits per heavy atom. The highest BCUT2D eigenvalue weighted by Crippen LogP contribution is 2.26. The molecule has 29 heavy (non-hydrogen) atoms. The highest BCUT2D eigenvalue weighted by molar-refractivity contribution is 6.33. The molecular weight excluding hydrogens is 384 g/mol. The van der Waals surface area contributed by atoms with Crippen LogP contribution in [0.25, 0.3) is 5.69 Å². The van der Waals surface area contributed by atoms with Crippen molar-refractivity contribution in [1.29, 1.82) is 0 Å². The van der Waals surface area contributed by atoms with Gasteiger partial charge >= 0.3 is 0 Å². The molecule has 1 atom stereocenters. The van der Waals surface area contributed by atoms with Crippen molar-refractivity contribution in [2.75, 3.05) is 19.6 Å². The number of likely N-dealkylation sites (tertiary alicyclic amines) is 1. The number of halogens is 1. The predicted molar refractivity (Wildman–Crippen MR) is 116 cm³/mol. The van der Waals surface area contributed by atoms with Crippen LogP contribution in [0.2, 0.25) is 5.15 Å². The molecule has 1 aromatic heterocycles. The summed E-state index contributed by atoms with van der Waals surface area (Å²) in [6.07, 6.45) is 2.40. The zero-order chi connectivity index (χ0) is 20.2. The van der Waals surface area contributed by atoms with Gasteiger partial charge < -0.3 is 5.32 Å². The number of carbonyl (C=O) groups is 1. The fraction of sp³-hybridized carbons (Fsp3) is 0.304. The van der Waals surface area contributed by atoms with E-state index in [1.165, 1.54) is 18.4 Å². The van der Waals surface area contributed by atoms with E-state index in [0.29, 0.717) is 23.0 Å². The Morgan fingerprint density at radius 2 is 1.69 bits per heavy atom. The first-order valence-corrected chi connectivity index (χ1v) is 10.4. The Balaban J connectivity index is 1.53. The standard InChI is InChI=1S/C23H25ClN4O/c1-17-21(22(24)28(26-17)19-12-6-3-7-13-19)23(29)25-16-20(27-14-8-9-15-27)18-10-4-2-5-11-18/h2-7,10-13,20H,8-9,14-16H2,1H3,(H,25,29). The zero-order valence-electron chi connectivity index (χ0n) is 16.5. The molecule has 150 valence electrons. The lowest BCUT2D eigenvalue weighted by molar-refractivity contribution is 0.0937. The maximum atomic E-state index is 13.0. The van der Waals surface area contributed by atoms with Crippen molar-refractivity contribution >= 4 is 17.5 Å². The number of amides is 1. The average molecular weight is 409 g/mol. The van der Waals surface area contributed by atoms with E-state index in [2.05, 4.69) is 27.4 Å². The number of nitrogens with zero attached hydrogens (tertiary/aromatic N) is 3. The van der Waals surface area contributed by atoms with Crippen molar-refractivity contribution in [3.63, 3.8) is 0 Å². The number of aromatic nitrogens is 2. The third-order valence-corrected chi connectivity index (χ3v) is 5.80. The van der Waals surface area contributed by atoms with Crippen LogP contribution in [0.5, 0.6) is 0 Å². The van der Waals surface area contributed by atoms with Gasteiger partial charge in [0, 0.05) is 6.54 Å². The lowest BCUT2D eigenvalue weighted by Crippen LogP contribution is -2.37. The second-order valence-corrected chi connectivity index (χ2v) is 7.74. The zero-order valence-corrected chi connectivity index (χ0v) is 17.3. The maximum absolute atomic E-state index is 13.0. The Hall–Kier alpha value is -2.63. The summed E-state index contributed by atoms with van der Waals surface area (Å²) in [6, 6.07) is 20.1. The molecule has 1 amide bonds. The predicted octanol–water partition coefficient (Wildman–Crippen LogP) is 4.40. The molecule has 2 aromatic carbocycles. The Labute approximate surface area is 176 Å². The van der Waals surface area contributed by atoms with Crippen LogP contribution in [0.3, 0.4) is 0 Å². The molecule has 1 unspecified atom stereocenters. The fourth-order valence-corrected chi connectivity index (χ4v) is 4.32. The lowest BCUT2D eigenvalue weighted by Gasteiger charge is -2.28. The highest BCUT2D eigenvalue weighted by Gasteiger charge is 2.26. The van der Waals surface area contributed by atoms with Gasteiger partial charge in [0.1, 0.15) is 5.15 Å². The molecule has 0 radical (unpaired) electrons. The molecule has 6 heteroatoms. The van der Waals surface area contributed by atoms with E-state index in [1.807, 2.05) is 55.5 Å². The second-order valence-electron chi connectivity index (χ2n) is 7.38. The number of carbonyl (C=O) groups excluding carboxylic acids is 1. The van der Waals surface area contributed by atoms with Crippen LogP contribution in [0.15, 0.2) is 60.7 Å². The van der Waals surface area contributed by atoms with Gasteiger partial charge in [-0.3, -0.25) is 9.69 Å². The number of hydrogen-bond acceptors (Lipinski definition) is 3. The molecule has 1 fully saturated rings. The molecule has 0 aliphatic carbocycles. The van der Waals surface area contributed by atoms with Crippen molar-refractivity contribution in [3.05, 3.63) is 82.6 Å². The first-order chi connectivity index (χ1) is 14.1. The minimum Gasteiger partial charge on any atom is -0.350 e. The summed E-state index contributed by atoms with van der Waals surface area (Å²) >= 11 is 6.55. The van der Waals surface area contributed by atoms with Gasteiger partial charge in [-0.25, -0.2) is 4.68 Å². The Morgan fingerprint density at radius 3 is 2.34 bits per heavy atom. The van der Waals surface area contributed by atoms with Gasteiger partial charge in [-0.1, -0.05) is 60.1 Å². The highest BCUT2D eigenvalue weighted by atomic mass is 35.5. The Kier molecular flexibility index (Phi) is 5.97. The van der Waals surface area contributed by atoms with E-state index in [4.69, 9.17) is 11.6 Å². The van der Waals surface area contributed by atoms with E-state index >= 15 is 0 Å². The third-order valence-electron chi connectivity index (χ3n) is 5.45. The van der Waals surface area contributed by atoms with Crippen molar-refractivity contribution < 1.29 is 4.79 Å². The van der Waals surface area contributed by atoms with Crippen LogP contribution < -0.4 is 5.32 Å². The van der Waals surface area contributed by atoms with Gasteiger partial charge in [0.2, 0.25) is 0 Å². The summed E-state index contributed by atoms with van der Waals surface area (Å²) in [5.74, 6) is -0.185. The summed E-state index contributed by atoms with van der Waals surface area (Å²) in [5.41, 5.74) is 3.11. The van der Waals surface area contributed by atoms with Crippen molar-refractivity contribution in [2.45, 2.75) is 25.8 Å². The number of aryl methyl sites for hydroxylation is 1. The maximum Gasteiger partial charge on any atom is 0.256 e. The van der Waals surface area contributed by atoms with Crippen LogP contribution in [0.4, 0.5) is 0 Å². The quantitative estimate of drug-likeness (QED) is 0.657. The van der Waals surface area contributed by atoms with Crippen LogP contribution in [-0.4, -0.2) is 40.2 Å². The molecule has 5 nitrogen and oxygen atoms in total. The number of rotatable bonds is 6. The van der Waals surface area contributed by atoms with Gasteiger partial charge in [0.25, 0.3) is 5.91 Å². The third kappa shape index (κ3) is 4.21. The van der Waals surface area contributed by atoms with E-state index in [0.717, 1.165) is 18.8 Å². The number of hydrogen-bond donors (Lipinski definition) is 1. The summed E-state index contributed by atoms with van der Waals surface area (Å²) in [7, 11) is 0. The smallest absolute Gasteiger partial charge is 0.256 e. The molecule has 2 heterocycles. The molecule has 1 N–H and O–H groups in total. The summed E-state index contributed by atoms with van der Waals surface area (Å²) in [4.78, 5) is 15.5. The first kappa shape index (κ1) is 19.7. The minimum absolute atomic E-state index is 0.158. The average Bonchev–Trinajstić information content (AvgIpc) is 3.38. The van der Waals surface area contributed by atoms with Crippen LogP contribution >= 0.6 is 11.6 Å². The largest absolute Gasteiger partial charge is 0.350 e. The van der Waals surface area contributed by atoms with Gasteiger partial charge in [-0.05, 0) is 50.6 Å². The number of nitrogens with one attached hydrogen (secondary N) is 1. The van der Waals surface area contributed by atoms with E-state index in [9.17, 15) is 4.79 Å². The molecule has 0 saturated carbocycles. The number of benzene rings is 2. The molecule has 1 saturated heterocycles. The van der Waals surface area contributed by atoms with Gasteiger partial charge in [0.15, 0.2) is 0 Å². The van der Waals surface area contributed by atoms with Crippen molar-refractivity contribution in [1.82, 2.24) is 20.0 Å². The van der Waals surface area contributed by atoms with E-state index < -0.39 is 0 Å². The van der Waals surface area contributed by atoms with E-state index in [-0.39, 0.29) is 11.9 Å². The normalized spacial score (nSPS) is 15.4. The summed E-state index contributed by atoms with van der Waals surface area (Å²) in [5, 5.41) is 7.92. The summed E-state index contributed by atoms with van der Waals surface area (Å²) < 4.78 is 1.61. The SMILES string of the molecule is Cc1nn(-c2ccccc2)c(Cl)c1C(=O)NCC(c1ccccc1)N1CCCC1. The molecule has 1 aliphatic heterocycles. The van der Waals surface area contributed by atoms with Crippen molar-refractivity contribution in [3.8, 4) is 5.69 Å². The lowest BCUT2D eigenvalue weighted by atomic mass is 10.1. The molecular formula is C23H25ClN4O. The van der Waals surface area contributed by atoms with Crippen LogP contribution in [-0.2, 0) is 0 Å². The van der Waals surface area contributed by atoms with Gasteiger partial charge in [0.05, 0.1) is 23.0 Å². The fourth-order valence-electron chi connectivity index (χ4n) is 3.96. The molecule has 1 aliphatic rings. The van der Waals surface area contributed by atoms with E-state index in [1.54, 1.807) is 4.68 Å². The van der Waals surface area contributed by atoms with Crippen LogP contribution in [0, 0.1) is 6.92 Å². The molecule has 0 bridgehead atoms. The summed E-state index contributed by atoms with van der Waals surface area (Å²) in [6.45, 7) is 4.47. The monoisotopic (exact) mass is 408 g/mol. The Bertz CT molecular complexity index is 965. The van der Waals surface area contributed by atoms with Crippen molar-refractivity contribution in [2.24, 2.45) is 0 Å². The van der Waals surface area contributed by atoms with Gasteiger partial charge in [-0.2, -0.15) is 5.10 Å². The molecule has 0 spiro atoms. The second kappa shape index (κ2) is 8.80. The number of para-hydroxylation sites is 1. The molecule has 4 rings (SSSR count). The minimum atomic E-state index is -0.185.